The fourth-order valence-corrected chi connectivity index (χ4v) is 10.0. The van der Waals surface area contributed by atoms with Crippen molar-refractivity contribution in [1.82, 2.24) is 14.6 Å². The van der Waals surface area contributed by atoms with Crippen LogP contribution in [0.15, 0.2) is 131 Å². The molecule has 344 valence electrons. The van der Waals surface area contributed by atoms with Gasteiger partial charge in [-0.05, 0) is 114 Å². The zero-order chi connectivity index (χ0) is 46.8. The van der Waals surface area contributed by atoms with Crippen LogP contribution in [0.3, 0.4) is 0 Å². The number of nitro groups is 1. The number of ether oxygens (including phenoxy) is 2. The van der Waals surface area contributed by atoms with E-state index in [0.29, 0.717) is 29.4 Å². The summed E-state index contributed by atoms with van der Waals surface area (Å²) in [5.74, 6) is -0.654. The molecule has 0 unspecified atom stereocenters. The predicted octanol–water partition coefficient (Wildman–Crippen LogP) is 8.70. The number of hydrogen-bond acceptors (Lipinski definition) is 11. The molecule has 1 aliphatic heterocycles. The maximum Gasteiger partial charge on any atom is 0.312 e. The van der Waals surface area contributed by atoms with Gasteiger partial charge in [-0.25, -0.2) is 26.7 Å². The molecule has 2 aliphatic rings. The van der Waals surface area contributed by atoms with Gasteiger partial charge < -0.3 is 19.4 Å². The van der Waals surface area contributed by atoms with Gasteiger partial charge >= 0.3 is 5.69 Å². The number of halogens is 1. The van der Waals surface area contributed by atoms with Crippen LogP contribution in [-0.4, -0.2) is 76.9 Å². The molecule has 5 aromatic carbocycles. The number of carbonyl (C=O) groups is 1. The molecule has 1 saturated heterocycles. The standard InChI is InChI=1S/C48H49ClN6O9S2/c1-48(2)20-17-35(42(30-48)33-5-7-36(49)8-6-33)31-53-22-24-54(25-23-53)37-9-14-41(46(28-37)64-38-10-15-43-34(27-38)18-21-51-43)47(56)52-66(61,62)40-13-16-45(44(29-40)55(57)58)63-26-19-32-3-11-39(12-4-32)65(50,59)60/h3-16,18,21,27-29,51H,17,19-20,22-26,30-31H2,1-2H3,(H,52,56)(H2,50,59,60). The van der Waals surface area contributed by atoms with Gasteiger partial charge in [0, 0.05) is 79.1 Å². The highest BCUT2D eigenvalue weighted by atomic mass is 35.5. The van der Waals surface area contributed by atoms with Crippen LogP contribution in [0, 0.1) is 15.5 Å². The molecule has 1 aromatic heterocycles. The third-order valence-electron chi connectivity index (χ3n) is 12.1. The van der Waals surface area contributed by atoms with E-state index in [4.69, 9.17) is 26.2 Å². The first-order valence-electron chi connectivity index (χ1n) is 21.3. The molecule has 0 atom stereocenters. The molecule has 0 spiro atoms. The number of nitrogens with two attached hydrogens (primary N) is 1. The molecule has 1 fully saturated rings. The van der Waals surface area contributed by atoms with E-state index < -0.39 is 41.5 Å². The number of fused-ring (bicyclic) bond motifs is 1. The van der Waals surface area contributed by atoms with Crippen LogP contribution in [0.4, 0.5) is 11.4 Å². The van der Waals surface area contributed by atoms with Crippen LogP contribution in [0.5, 0.6) is 17.2 Å². The number of aromatic amines is 1. The van der Waals surface area contributed by atoms with Crippen molar-refractivity contribution >= 4 is 65.4 Å². The number of anilines is 1. The van der Waals surface area contributed by atoms with Crippen molar-refractivity contribution in [1.29, 1.82) is 0 Å². The molecule has 18 heteroatoms. The summed E-state index contributed by atoms with van der Waals surface area (Å²) in [4.78, 5) is 32.5. The van der Waals surface area contributed by atoms with Crippen LogP contribution in [0.25, 0.3) is 16.5 Å². The first kappa shape index (κ1) is 46.3. The summed E-state index contributed by atoms with van der Waals surface area (Å²) in [6.07, 6.45) is 5.20. The minimum absolute atomic E-state index is 0.0489. The van der Waals surface area contributed by atoms with Crippen LogP contribution < -0.4 is 24.2 Å². The Balaban J connectivity index is 0.984. The highest BCUT2D eigenvalue weighted by molar-refractivity contribution is 7.90. The first-order chi connectivity index (χ1) is 31.4. The van der Waals surface area contributed by atoms with Gasteiger partial charge in [0.25, 0.3) is 15.9 Å². The lowest BCUT2D eigenvalue weighted by Crippen LogP contribution is -2.47. The Morgan fingerprint density at radius 1 is 0.879 bits per heavy atom. The summed E-state index contributed by atoms with van der Waals surface area (Å²) in [7, 11) is -8.53. The molecular weight excluding hydrogens is 904 g/mol. The van der Waals surface area contributed by atoms with E-state index in [-0.39, 0.29) is 40.4 Å². The van der Waals surface area contributed by atoms with E-state index in [1.807, 2.05) is 30.3 Å². The number of primary sulfonamides is 1. The summed E-state index contributed by atoms with van der Waals surface area (Å²) < 4.78 is 64.6. The molecule has 0 bridgehead atoms. The fourth-order valence-electron chi connectivity index (χ4n) is 8.39. The molecule has 8 rings (SSSR count). The highest BCUT2D eigenvalue weighted by Gasteiger charge is 2.31. The number of H-pyrrole nitrogens is 1. The van der Waals surface area contributed by atoms with E-state index in [1.165, 1.54) is 47.0 Å². The number of piperazine rings is 1. The predicted molar refractivity (Wildman–Crippen MR) is 254 cm³/mol. The summed E-state index contributed by atoms with van der Waals surface area (Å²) in [5, 5.41) is 18.8. The molecule has 0 saturated carbocycles. The van der Waals surface area contributed by atoms with Crippen molar-refractivity contribution in [2.45, 2.75) is 49.3 Å². The Morgan fingerprint density at radius 3 is 2.32 bits per heavy atom. The Bertz CT molecular complexity index is 3060. The van der Waals surface area contributed by atoms with Crippen molar-refractivity contribution < 1.29 is 36.0 Å². The Labute approximate surface area is 388 Å². The summed E-state index contributed by atoms with van der Waals surface area (Å²) in [5.41, 5.74) is 5.92. The fraction of sp³-hybridized carbons (Fsp3) is 0.271. The topological polar surface area (TPSA) is 207 Å². The second kappa shape index (κ2) is 18.9. The lowest BCUT2D eigenvalue weighted by molar-refractivity contribution is -0.386. The summed E-state index contributed by atoms with van der Waals surface area (Å²) >= 11 is 6.24. The Kier molecular flexibility index (Phi) is 13.3. The maximum atomic E-state index is 14.0. The normalized spacial score (nSPS) is 15.7. The number of sulfonamides is 2. The Morgan fingerprint density at radius 2 is 1.61 bits per heavy atom. The van der Waals surface area contributed by atoms with Crippen LogP contribution in [0.2, 0.25) is 5.02 Å². The largest absolute Gasteiger partial charge is 0.486 e. The van der Waals surface area contributed by atoms with E-state index in [0.717, 1.165) is 73.7 Å². The number of aromatic nitrogens is 1. The molecule has 1 amide bonds. The lowest BCUT2D eigenvalue weighted by Gasteiger charge is -2.39. The molecule has 0 radical (unpaired) electrons. The molecule has 66 heavy (non-hydrogen) atoms. The van der Waals surface area contributed by atoms with E-state index >= 15 is 0 Å². The minimum Gasteiger partial charge on any atom is -0.486 e. The van der Waals surface area contributed by atoms with Gasteiger partial charge in [-0.3, -0.25) is 19.8 Å². The average molecular weight is 954 g/mol. The second-order valence-electron chi connectivity index (χ2n) is 17.3. The summed E-state index contributed by atoms with van der Waals surface area (Å²) in [6.45, 7) is 8.47. The second-order valence-corrected chi connectivity index (χ2v) is 21.0. The number of benzene rings is 5. The quantitative estimate of drug-likeness (QED) is 0.0655. The van der Waals surface area contributed by atoms with Gasteiger partial charge in [-0.2, -0.15) is 0 Å². The SMILES string of the molecule is CC1(C)CCC(CN2CCN(c3ccc(C(=O)NS(=O)(=O)c4ccc(OCCc5ccc(S(N)(=O)=O)cc5)c([N+](=O)[O-])c4)c(Oc4ccc5[nH]ccc5c4)c3)CC2)=C(c2ccc(Cl)cc2)C1. The number of rotatable bonds is 15. The van der Waals surface area contributed by atoms with Crippen molar-refractivity contribution in [2.75, 3.05) is 44.2 Å². The highest BCUT2D eigenvalue weighted by Crippen LogP contribution is 2.43. The number of nitro benzene ring substituents is 1. The van der Waals surface area contributed by atoms with Gasteiger partial charge in [0.15, 0.2) is 5.75 Å². The number of amides is 1. The third kappa shape index (κ3) is 10.9. The lowest BCUT2D eigenvalue weighted by atomic mass is 9.72. The van der Waals surface area contributed by atoms with Gasteiger partial charge in [-0.15, -0.1) is 0 Å². The van der Waals surface area contributed by atoms with Gasteiger partial charge in [0.1, 0.15) is 11.5 Å². The minimum atomic E-state index is -4.65. The van der Waals surface area contributed by atoms with Crippen molar-refractivity contribution in [3.05, 3.63) is 153 Å². The maximum absolute atomic E-state index is 14.0. The average Bonchev–Trinajstić information content (AvgIpc) is 3.75. The Hall–Kier alpha value is -6.24. The van der Waals surface area contributed by atoms with Crippen molar-refractivity contribution in [3.8, 4) is 17.2 Å². The number of carbonyl (C=O) groups excluding carboxylic acids is 1. The summed E-state index contributed by atoms with van der Waals surface area (Å²) in [6, 6.07) is 29.2. The van der Waals surface area contributed by atoms with Crippen LogP contribution in [0.1, 0.15) is 54.6 Å². The van der Waals surface area contributed by atoms with Crippen molar-refractivity contribution in [3.63, 3.8) is 0 Å². The van der Waals surface area contributed by atoms with Gasteiger partial charge in [0.2, 0.25) is 10.0 Å². The zero-order valence-corrected chi connectivity index (χ0v) is 38.7. The molecule has 4 N–H and O–H groups in total. The molecular formula is C48H49ClN6O9S2. The number of nitrogens with one attached hydrogen (secondary N) is 2. The van der Waals surface area contributed by atoms with Gasteiger partial charge in [0.05, 0.1) is 26.9 Å². The number of allylic oxidation sites excluding steroid dienone is 1. The monoisotopic (exact) mass is 952 g/mol. The van der Waals surface area contributed by atoms with Gasteiger partial charge in [-0.1, -0.05) is 55.3 Å². The zero-order valence-electron chi connectivity index (χ0n) is 36.3. The van der Waals surface area contributed by atoms with E-state index in [2.05, 4.69) is 45.5 Å². The van der Waals surface area contributed by atoms with E-state index in [1.54, 1.807) is 24.4 Å². The van der Waals surface area contributed by atoms with Crippen LogP contribution in [-0.2, 0) is 26.5 Å². The molecule has 1 aliphatic carbocycles. The first-order valence-corrected chi connectivity index (χ1v) is 24.7. The number of nitrogens with zero attached hydrogens (tertiary/aromatic N) is 3. The van der Waals surface area contributed by atoms with E-state index in [9.17, 15) is 31.7 Å². The van der Waals surface area contributed by atoms with Crippen LogP contribution >= 0.6 is 11.6 Å². The number of hydrogen-bond donors (Lipinski definition) is 3. The molecule has 6 aromatic rings. The third-order valence-corrected chi connectivity index (χ3v) is 14.6. The molecule has 2 heterocycles. The smallest absolute Gasteiger partial charge is 0.312 e. The molecule has 15 nitrogen and oxygen atoms in total. The van der Waals surface area contributed by atoms with Crippen molar-refractivity contribution in [2.24, 2.45) is 10.6 Å².